The van der Waals surface area contributed by atoms with Gasteiger partial charge in [0.25, 0.3) is 0 Å². The molecule has 82 valence electrons. The zero-order valence-electron chi connectivity index (χ0n) is 8.92. The maximum Gasteiger partial charge on any atom is 0.145 e. The molecule has 4 heteroatoms. The van der Waals surface area contributed by atoms with Crippen molar-refractivity contribution in [3.8, 4) is 17.0 Å². The maximum absolute atomic E-state index is 9.06. The summed E-state index contributed by atoms with van der Waals surface area (Å²) in [6.45, 7) is -0.0813. The second-order valence-corrected chi connectivity index (χ2v) is 3.25. The van der Waals surface area contributed by atoms with Crippen LogP contribution in [0.2, 0.25) is 0 Å². The van der Waals surface area contributed by atoms with E-state index in [4.69, 9.17) is 9.84 Å². The Morgan fingerprint density at radius 3 is 2.56 bits per heavy atom. The highest BCUT2D eigenvalue weighted by molar-refractivity contribution is 5.65. The molecule has 2 aromatic rings. The number of aliphatic hydroxyl groups excluding tert-OH is 1. The highest BCUT2D eigenvalue weighted by Crippen LogP contribution is 2.27. The van der Waals surface area contributed by atoms with E-state index in [1.165, 1.54) is 0 Å². The van der Waals surface area contributed by atoms with E-state index in [1.54, 1.807) is 31.6 Å². The van der Waals surface area contributed by atoms with E-state index in [-0.39, 0.29) is 6.61 Å². The van der Waals surface area contributed by atoms with Crippen LogP contribution in [0.4, 0.5) is 0 Å². The van der Waals surface area contributed by atoms with Crippen LogP contribution in [-0.2, 0) is 6.61 Å². The zero-order valence-corrected chi connectivity index (χ0v) is 8.92. The number of aliphatic hydroxyl groups is 1. The fourth-order valence-corrected chi connectivity index (χ4v) is 1.46. The summed E-state index contributed by atoms with van der Waals surface area (Å²) in [6.07, 6.45) is 3.39. The van der Waals surface area contributed by atoms with E-state index >= 15 is 0 Å². The van der Waals surface area contributed by atoms with E-state index in [0.717, 1.165) is 11.3 Å². The molecule has 16 heavy (non-hydrogen) atoms. The molecule has 0 aromatic carbocycles. The number of nitrogens with zero attached hydrogens (tertiary/aromatic N) is 2. The van der Waals surface area contributed by atoms with Crippen molar-refractivity contribution >= 4 is 0 Å². The first-order valence-corrected chi connectivity index (χ1v) is 4.90. The largest absolute Gasteiger partial charge is 0.494 e. The number of hydrogen-bond donors (Lipinski definition) is 1. The molecule has 0 radical (unpaired) electrons. The lowest BCUT2D eigenvalue weighted by Crippen LogP contribution is -1.96. The summed E-state index contributed by atoms with van der Waals surface area (Å²) in [7, 11) is 1.60. The first kappa shape index (κ1) is 10.6. The van der Waals surface area contributed by atoms with E-state index in [2.05, 4.69) is 9.97 Å². The monoisotopic (exact) mass is 216 g/mol. The van der Waals surface area contributed by atoms with Gasteiger partial charge >= 0.3 is 0 Å². The van der Waals surface area contributed by atoms with Gasteiger partial charge in [0, 0.05) is 18.0 Å². The standard InChI is InChI=1S/C12H12N2O2/c1-16-11-3-2-10(8-15)14-12(11)9-4-6-13-7-5-9/h2-7,15H,8H2,1H3. The summed E-state index contributed by atoms with van der Waals surface area (Å²) < 4.78 is 5.23. The molecule has 2 aromatic heterocycles. The second-order valence-electron chi connectivity index (χ2n) is 3.25. The van der Waals surface area contributed by atoms with Crippen LogP contribution < -0.4 is 4.74 Å². The molecule has 4 nitrogen and oxygen atoms in total. The second kappa shape index (κ2) is 4.72. The predicted octanol–water partition coefficient (Wildman–Crippen LogP) is 1.64. The van der Waals surface area contributed by atoms with E-state index in [1.807, 2.05) is 12.1 Å². The van der Waals surface area contributed by atoms with Crippen LogP contribution in [0.15, 0.2) is 36.7 Å². The fraction of sp³-hybridized carbons (Fsp3) is 0.167. The smallest absolute Gasteiger partial charge is 0.145 e. The van der Waals surface area contributed by atoms with Crippen molar-refractivity contribution in [2.24, 2.45) is 0 Å². The van der Waals surface area contributed by atoms with Crippen molar-refractivity contribution in [2.45, 2.75) is 6.61 Å². The highest BCUT2D eigenvalue weighted by Gasteiger charge is 2.08. The quantitative estimate of drug-likeness (QED) is 0.847. The van der Waals surface area contributed by atoms with Crippen LogP contribution in [0.3, 0.4) is 0 Å². The van der Waals surface area contributed by atoms with Crippen LogP contribution in [-0.4, -0.2) is 22.2 Å². The van der Waals surface area contributed by atoms with Gasteiger partial charge in [-0.05, 0) is 24.3 Å². The van der Waals surface area contributed by atoms with Crippen LogP contribution in [0.1, 0.15) is 5.69 Å². The lowest BCUT2D eigenvalue weighted by atomic mass is 10.1. The summed E-state index contributed by atoms with van der Waals surface area (Å²) in [5, 5.41) is 9.06. The predicted molar refractivity (Wildman–Crippen MR) is 59.9 cm³/mol. The Hall–Kier alpha value is -1.94. The molecule has 0 saturated carbocycles. The third-order valence-corrected chi connectivity index (χ3v) is 2.25. The molecule has 1 N–H and O–H groups in total. The molecule has 0 amide bonds. The molecular formula is C12H12N2O2. The van der Waals surface area contributed by atoms with E-state index in [9.17, 15) is 0 Å². The lowest BCUT2D eigenvalue weighted by Gasteiger charge is -2.08. The van der Waals surface area contributed by atoms with Gasteiger partial charge in [0.2, 0.25) is 0 Å². The van der Waals surface area contributed by atoms with E-state index in [0.29, 0.717) is 11.4 Å². The normalized spacial score (nSPS) is 10.1. The summed E-state index contributed by atoms with van der Waals surface area (Å²) in [6, 6.07) is 7.25. The van der Waals surface area contributed by atoms with Gasteiger partial charge in [0.1, 0.15) is 11.4 Å². The fourth-order valence-electron chi connectivity index (χ4n) is 1.46. The van der Waals surface area contributed by atoms with Crippen molar-refractivity contribution in [3.05, 3.63) is 42.4 Å². The highest BCUT2D eigenvalue weighted by atomic mass is 16.5. The molecule has 0 saturated heterocycles. The van der Waals surface area contributed by atoms with Crippen LogP contribution in [0.5, 0.6) is 5.75 Å². The number of rotatable bonds is 3. The van der Waals surface area contributed by atoms with Gasteiger partial charge in [-0.1, -0.05) is 0 Å². The van der Waals surface area contributed by atoms with Crippen LogP contribution in [0, 0.1) is 0 Å². The summed E-state index contributed by atoms with van der Waals surface area (Å²) in [5.74, 6) is 0.684. The van der Waals surface area contributed by atoms with Crippen molar-refractivity contribution in [1.29, 1.82) is 0 Å². The molecule has 0 bridgehead atoms. The molecule has 0 spiro atoms. The van der Waals surface area contributed by atoms with Crippen molar-refractivity contribution in [2.75, 3.05) is 7.11 Å². The molecule has 0 atom stereocenters. The molecule has 0 fully saturated rings. The third kappa shape index (κ3) is 2.01. The Morgan fingerprint density at radius 2 is 1.94 bits per heavy atom. The zero-order chi connectivity index (χ0) is 11.4. The molecule has 0 aliphatic rings. The Bertz CT molecular complexity index is 472. The van der Waals surface area contributed by atoms with Crippen LogP contribution in [0.25, 0.3) is 11.3 Å². The van der Waals surface area contributed by atoms with Crippen molar-refractivity contribution < 1.29 is 9.84 Å². The van der Waals surface area contributed by atoms with Gasteiger partial charge in [-0.15, -0.1) is 0 Å². The minimum absolute atomic E-state index is 0.0813. The Kier molecular flexibility index (Phi) is 3.12. The lowest BCUT2D eigenvalue weighted by molar-refractivity contribution is 0.276. The molecule has 2 heterocycles. The average molecular weight is 216 g/mol. The van der Waals surface area contributed by atoms with Gasteiger partial charge in [0.05, 0.1) is 19.4 Å². The van der Waals surface area contributed by atoms with Crippen molar-refractivity contribution in [3.63, 3.8) is 0 Å². The van der Waals surface area contributed by atoms with Crippen molar-refractivity contribution in [1.82, 2.24) is 9.97 Å². The number of hydrogen-bond acceptors (Lipinski definition) is 4. The summed E-state index contributed by atoms with van der Waals surface area (Å²) in [4.78, 5) is 8.28. The Labute approximate surface area is 93.6 Å². The first-order valence-electron chi connectivity index (χ1n) is 4.90. The average Bonchev–Trinajstić information content (AvgIpc) is 2.39. The minimum Gasteiger partial charge on any atom is -0.494 e. The molecule has 0 aliphatic carbocycles. The third-order valence-electron chi connectivity index (χ3n) is 2.25. The molecular weight excluding hydrogens is 204 g/mol. The number of aromatic nitrogens is 2. The first-order chi connectivity index (χ1) is 7.85. The topological polar surface area (TPSA) is 55.2 Å². The van der Waals surface area contributed by atoms with Gasteiger partial charge in [-0.3, -0.25) is 4.98 Å². The number of ether oxygens (including phenoxy) is 1. The molecule has 0 aliphatic heterocycles. The van der Waals surface area contributed by atoms with Gasteiger partial charge in [-0.25, -0.2) is 4.98 Å². The molecule has 0 unspecified atom stereocenters. The Balaban J connectivity index is 2.53. The number of methoxy groups -OCH3 is 1. The SMILES string of the molecule is COc1ccc(CO)nc1-c1ccncc1. The Morgan fingerprint density at radius 1 is 1.19 bits per heavy atom. The summed E-state index contributed by atoms with van der Waals surface area (Å²) >= 11 is 0. The minimum atomic E-state index is -0.0813. The van der Waals surface area contributed by atoms with Gasteiger partial charge in [-0.2, -0.15) is 0 Å². The van der Waals surface area contributed by atoms with Gasteiger partial charge < -0.3 is 9.84 Å². The number of pyridine rings is 2. The maximum atomic E-state index is 9.06. The van der Waals surface area contributed by atoms with E-state index < -0.39 is 0 Å². The summed E-state index contributed by atoms with van der Waals surface area (Å²) in [5.41, 5.74) is 2.26. The van der Waals surface area contributed by atoms with Gasteiger partial charge in [0.15, 0.2) is 0 Å². The molecule has 2 rings (SSSR count). The van der Waals surface area contributed by atoms with Crippen LogP contribution >= 0.6 is 0 Å².